The van der Waals surface area contributed by atoms with Crippen LogP contribution in [0.5, 0.6) is 17.2 Å². The van der Waals surface area contributed by atoms with Crippen molar-refractivity contribution in [3.8, 4) is 17.2 Å². The standard InChI is InChI=1S/C21H34N2O4/c1-15-12-23(13-16(2)27-15)18-6-8-22(9-7-18)14-17-10-20(25-4)21(26-5)11-19(17)24-3/h10-11,15-16,18H,6-9,12-14H2,1-5H3/p+1. The maximum atomic E-state index is 5.89. The Morgan fingerprint density at radius 1 is 0.926 bits per heavy atom. The quantitative estimate of drug-likeness (QED) is 0.809. The van der Waals surface area contributed by atoms with Gasteiger partial charge in [0.1, 0.15) is 12.3 Å². The lowest BCUT2D eigenvalue weighted by atomic mass is 10.0. The molecule has 1 aromatic rings. The van der Waals surface area contributed by atoms with Gasteiger partial charge in [-0.05, 0) is 19.9 Å². The van der Waals surface area contributed by atoms with Gasteiger partial charge in [-0.1, -0.05) is 0 Å². The molecule has 6 heteroatoms. The predicted molar refractivity (Wildman–Crippen MR) is 105 cm³/mol. The van der Waals surface area contributed by atoms with Crippen molar-refractivity contribution < 1.29 is 23.8 Å². The summed E-state index contributed by atoms with van der Waals surface area (Å²) in [6.07, 6.45) is 3.17. The summed E-state index contributed by atoms with van der Waals surface area (Å²) < 4.78 is 22.4. The van der Waals surface area contributed by atoms with Crippen molar-refractivity contribution in [2.24, 2.45) is 0 Å². The second-order valence-corrected chi connectivity index (χ2v) is 7.89. The number of methoxy groups -OCH3 is 3. The lowest BCUT2D eigenvalue weighted by Gasteiger charge is -2.42. The Bertz CT molecular complexity index is 606. The molecular weight excluding hydrogens is 344 g/mol. The van der Waals surface area contributed by atoms with Crippen molar-refractivity contribution in [3.05, 3.63) is 17.7 Å². The van der Waals surface area contributed by atoms with Crippen molar-refractivity contribution in [1.82, 2.24) is 4.90 Å². The second kappa shape index (κ2) is 9.13. The van der Waals surface area contributed by atoms with Gasteiger partial charge in [-0.3, -0.25) is 4.90 Å². The Morgan fingerprint density at radius 3 is 2.04 bits per heavy atom. The van der Waals surface area contributed by atoms with Gasteiger partial charge in [0.2, 0.25) is 0 Å². The van der Waals surface area contributed by atoms with Crippen molar-refractivity contribution in [2.75, 3.05) is 47.5 Å². The van der Waals surface area contributed by atoms with Gasteiger partial charge < -0.3 is 23.8 Å². The molecule has 6 nitrogen and oxygen atoms in total. The molecule has 2 unspecified atom stereocenters. The number of nitrogens with one attached hydrogen (secondary N) is 1. The molecular formula is C21H35N2O4+. The molecule has 1 aromatic carbocycles. The number of hydrogen-bond acceptors (Lipinski definition) is 5. The SMILES string of the molecule is COc1cc(OC)c(OC)cc1C[NH+]1CCC(N2CC(C)OC(C)C2)CC1. The highest BCUT2D eigenvalue weighted by Crippen LogP contribution is 2.34. The number of ether oxygens (including phenoxy) is 4. The lowest BCUT2D eigenvalue weighted by molar-refractivity contribution is -0.919. The van der Waals surface area contributed by atoms with Crippen molar-refractivity contribution in [3.63, 3.8) is 0 Å². The molecule has 3 rings (SSSR count). The Labute approximate surface area is 163 Å². The Morgan fingerprint density at radius 2 is 1.48 bits per heavy atom. The van der Waals surface area contributed by atoms with Crippen LogP contribution in [0.4, 0.5) is 0 Å². The van der Waals surface area contributed by atoms with Crippen molar-refractivity contribution >= 4 is 0 Å². The van der Waals surface area contributed by atoms with E-state index in [1.807, 2.05) is 6.07 Å². The molecule has 0 spiro atoms. The third kappa shape index (κ3) is 4.86. The molecule has 27 heavy (non-hydrogen) atoms. The first-order chi connectivity index (χ1) is 13.0. The number of likely N-dealkylation sites (tertiary alicyclic amines) is 1. The summed E-state index contributed by atoms with van der Waals surface area (Å²) in [5.41, 5.74) is 1.18. The van der Waals surface area contributed by atoms with Gasteiger partial charge in [-0.15, -0.1) is 0 Å². The van der Waals surface area contributed by atoms with E-state index < -0.39 is 0 Å². The molecule has 152 valence electrons. The summed E-state index contributed by atoms with van der Waals surface area (Å²) in [6.45, 7) is 9.82. The molecule has 0 aromatic heterocycles. The van der Waals surface area contributed by atoms with Crippen LogP contribution in [0.2, 0.25) is 0 Å². The van der Waals surface area contributed by atoms with Crippen molar-refractivity contribution in [2.45, 2.75) is 51.5 Å². The van der Waals surface area contributed by atoms with Crippen LogP contribution in [0, 0.1) is 0 Å². The van der Waals surface area contributed by atoms with Crippen LogP contribution in [0.15, 0.2) is 12.1 Å². The summed E-state index contributed by atoms with van der Waals surface area (Å²) in [7, 11) is 5.05. The van der Waals surface area contributed by atoms with E-state index in [4.69, 9.17) is 18.9 Å². The fourth-order valence-electron chi connectivity index (χ4n) is 4.57. The van der Waals surface area contributed by atoms with E-state index in [0.29, 0.717) is 24.0 Å². The summed E-state index contributed by atoms with van der Waals surface area (Å²) in [6, 6.07) is 4.67. The number of quaternary nitrogens is 1. The molecule has 2 fully saturated rings. The lowest BCUT2D eigenvalue weighted by Crippen LogP contribution is -3.12. The molecule has 2 atom stereocenters. The third-order valence-corrected chi connectivity index (χ3v) is 5.85. The number of morpholine rings is 1. The predicted octanol–water partition coefficient (Wildman–Crippen LogP) is 1.37. The van der Waals surface area contributed by atoms with Crippen LogP contribution in [0.25, 0.3) is 0 Å². The topological polar surface area (TPSA) is 44.6 Å². The first kappa shape index (κ1) is 20.2. The van der Waals surface area contributed by atoms with E-state index in [2.05, 4.69) is 24.8 Å². The van der Waals surface area contributed by atoms with Gasteiger partial charge >= 0.3 is 0 Å². The summed E-state index contributed by atoms with van der Waals surface area (Å²) in [4.78, 5) is 4.25. The van der Waals surface area contributed by atoms with Crippen LogP contribution in [0.1, 0.15) is 32.3 Å². The summed E-state index contributed by atoms with van der Waals surface area (Å²) >= 11 is 0. The van der Waals surface area contributed by atoms with Crippen LogP contribution >= 0.6 is 0 Å². The van der Waals surface area contributed by atoms with Gasteiger partial charge in [0.15, 0.2) is 11.5 Å². The molecule has 1 N–H and O–H groups in total. The number of piperidine rings is 1. The van der Waals surface area contributed by atoms with E-state index in [9.17, 15) is 0 Å². The fourth-order valence-corrected chi connectivity index (χ4v) is 4.57. The zero-order chi connectivity index (χ0) is 19.4. The van der Waals surface area contributed by atoms with Crippen LogP contribution in [-0.2, 0) is 11.3 Å². The average Bonchev–Trinajstić information content (AvgIpc) is 2.67. The average molecular weight is 380 g/mol. The van der Waals surface area contributed by atoms with Crippen LogP contribution < -0.4 is 19.1 Å². The smallest absolute Gasteiger partial charge is 0.164 e. The number of rotatable bonds is 6. The van der Waals surface area contributed by atoms with Gasteiger partial charge in [0.05, 0.1) is 52.2 Å². The monoisotopic (exact) mass is 379 g/mol. The number of nitrogens with zero attached hydrogens (tertiary/aromatic N) is 1. The van der Waals surface area contributed by atoms with Gasteiger partial charge in [0, 0.05) is 38.0 Å². The largest absolute Gasteiger partial charge is 0.496 e. The maximum Gasteiger partial charge on any atom is 0.164 e. The molecule has 0 saturated carbocycles. The second-order valence-electron chi connectivity index (χ2n) is 7.89. The van der Waals surface area contributed by atoms with E-state index >= 15 is 0 Å². The minimum absolute atomic E-state index is 0.343. The fraction of sp³-hybridized carbons (Fsp3) is 0.714. The number of hydrogen-bond donors (Lipinski definition) is 1. The first-order valence-corrected chi connectivity index (χ1v) is 10.1. The highest BCUT2D eigenvalue weighted by molar-refractivity contribution is 5.50. The van der Waals surface area contributed by atoms with E-state index in [1.54, 1.807) is 26.2 Å². The van der Waals surface area contributed by atoms with Crippen LogP contribution in [0.3, 0.4) is 0 Å². The van der Waals surface area contributed by atoms with Gasteiger partial charge in [0.25, 0.3) is 0 Å². The first-order valence-electron chi connectivity index (χ1n) is 10.1. The highest BCUT2D eigenvalue weighted by Gasteiger charge is 2.32. The summed E-state index contributed by atoms with van der Waals surface area (Å²) in [5.74, 6) is 2.35. The third-order valence-electron chi connectivity index (χ3n) is 5.85. The molecule has 0 radical (unpaired) electrons. The number of benzene rings is 1. The van der Waals surface area contributed by atoms with Gasteiger partial charge in [-0.25, -0.2) is 0 Å². The molecule has 2 saturated heterocycles. The summed E-state index contributed by atoms with van der Waals surface area (Å²) in [5, 5.41) is 0. The molecule has 0 amide bonds. The Kier molecular flexibility index (Phi) is 6.84. The molecule has 0 aliphatic carbocycles. The zero-order valence-corrected chi connectivity index (χ0v) is 17.4. The molecule has 0 bridgehead atoms. The molecule has 2 aliphatic rings. The maximum absolute atomic E-state index is 5.89. The molecule has 2 aliphatic heterocycles. The van der Waals surface area contributed by atoms with Crippen molar-refractivity contribution in [1.29, 1.82) is 0 Å². The van der Waals surface area contributed by atoms with E-state index in [0.717, 1.165) is 31.1 Å². The zero-order valence-electron chi connectivity index (χ0n) is 17.4. The normalized spacial score (nSPS) is 29.4. The van der Waals surface area contributed by atoms with Gasteiger partial charge in [-0.2, -0.15) is 0 Å². The highest BCUT2D eigenvalue weighted by atomic mass is 16.5. The minimum atomic E-state index is 0.343. The molecule has 2 heterocycles. The van der Waals surface area contributed by atoms with E-state index in [1.165, 1.54) is 31.5 Å². The minimum Gasteiger partial charge on any atom is -0.496 e. The Hall–Kier alpha value is -1.50. The van der Waals surface area contributed by atoms with E-state index in [-0.39, 0.29) is 0 Å². The Balaban J connectivity index is 1.60. The van der Waals surface area contributed by atoms with Crippen LogP contribution in [-0.4, -0.2) is 70.7 Å².